The van der Waals surface area contributed by atoms with Gasteiger partial charge in [0.1, 0.15) is 11.8 Å². The van der Waals surface area contributed by atoms with Crippen LogP contribution in [0.15, 0.2) is 42.5 Å². The van der Waals surface area contributed by atoms with Crippen molar-refractivity contribution in [1.29, 1.82) is 0 Å². The molecule has 2 amide bonds. The molecule has 174 valence electrons. The topological polar surface area (TPSA) is 58.6 Å². The lowest BCUT2D eigenvalue weighted by atomic mass is 10.0. The van der Waals surface area contributed by atoms with Gasteiger partial charge >= 0.3 is 0 Å². The Morgan fingerprint density at radius 1 is 0.969 bits per heavy atom. The van der Waals surface area contributed by atoms with E-state index in [9.17, 15) is 9.59 Å². The second-order valence-electron chi connectivity index (χ2n) is 8.52. The van der Waals surface area contributed by atoms with Crippen LogP contribution in [-0.4, -0.2) is 35.9 Å². The number of rotatable bonds is 10. The molecule has 2 aromatic carbocycles. The molecular weight excluding hydrogens is 447 g/mol. The molecule has 0 aliphatic carbocycles. The Hall–Kier alpha value is -2.24. The third-order valence-electron chi connectivity index (χ3n) is 5.13. The van der Waals surface area contributed by atoms with Crippen LogP contribution in [-0.2, 0) is 16.1 Å². The number of carbonyl (C=O) groups excluding carboxylic acids is 2. The largest absolute Gasteiger partial charge is 0.483 e. The predicted molar refractivity (Wildman–Crippen MR) is 130 cm³/mol. The fourth-order valence-corrected chi connectivity index (χ4v) is 3.72. The zero-order chi connectivity index (χ0) is 23.8. The van der Waals surface area contributed by atoms with Crippen LogP contribution in [0.2, 0.25) is 10.0 Å². The highest BCUT2D eigenvalue weighted by Crippen LogP contribution is 2.28. The Morgan fingerprint density at radius 3 is 2.19 bits per heavy atom. The molecule has 0 saturated carbocycles. The van der Waals surface area contributed by atoms with E-state index in [0.29, 0.717) is 33.8 Å². The lowest BCUT2D eigenvalue weighted by molar-refractivity contribution is -0.142. The third-order valence-corrected chi connectivity index (χ3v) is 5.84. The van der Waals surface area contributed by atoms with Crippen LogP contribution >= 0.6 is 23.2 Å². The highest BCUT2D eigenvalue weighted by Gasteiger charge is 2.28. The molecule has 0 radical (unpaired) electrons. The van der Waals surface area contributed by atoms with Crippen LogP contribution in [0.3, 0.4) is 0 Å². The first-order chi connectivity index (χ1) is 15.1. The minimum absolute atomic E-state index is 0.1000. The van der Waals surface area contributed by atoms with E-state index in [-0.39, 0.29) is 30.9 Å². The van der Waals surface area contributed by atoms with Gasteiger partial charge in [-0.25, -0.2) is 0 Å². The van der Waals surface area contributed by atoms with Crippen molar-refractivity contribution >= 4 is 35.0 Å². The number of hydrogen-bond donors (Lipinski definition) is 1. The van der Waals surface area contributed by atoms with E-state index >= 15 is 0 Å². The molecule has 5 nitrogen and oxygen atoms in total. The van der Waals surface area contributed by atoms with Crippen molar-refractivity contribution in [3.63, 3.8) is 0 Å². The molecular formula is C25H32Cl2N2O3. The van der Waals surface area contributed by atoms with E-state index in [4.69, 9.17) is 27.9 Å². The van der Waals surface area contributed by atoms with E-state index in [1.54, 1.807) is 25.1 Å². The summed E-state index contributed by atoms with van der Waals surface area (Å²) in [7, 11) is 0. The molecule has 0 fully saturated rings. The van der Waals surface area contributed by atoms with Crippen LogP contribution in [0.1, 0.15) is 51.7 Å². The van der Waals surface area contributed by atoms with Gasteiger partial charge < -0.3 is 15.0 Å². The van der Waals surface area contributed by atoms with Gasteiger partial charge in [-0.3, -0.25) is 9.59 Å². The van der Waals surface area contributed by atoms with Crippen molar-refractivity contribution in [1.82, 2.24) is 10.2 Å². The SMILES string of the molecule is CC(C)CNC(=O)C(C)N(Cc1c(Cl)cccc1Cl)C(=O)COc1ccccc1C(C)C. The standard InChI is InChI=1S/C25H32Cl2N2O3/c1-16(2)13-28-25(31)18(5)29(14-20-21(26)10-8-11-22(20)27)24(30)15-32-23-12-7-6-9-19(23)17(3)4/h6-12,16-18H,13-15H2,1-5H3,(H,28,31). The van der Waals surface area contributed by atoms with Gasteiger partial charge in [0, 0.05) is 28.7 Å². The van der Waals surface area contributed by atoms with Gasteiger partial charge in [-0.05, 0) is 42.5 Å². The Labute approximate surface area is 201 Å². The first kappa shape index (κ1) is 26.0. The second kappa shape index (κ2) is 12.1. The summed E-state index contributed by atoms with van der Waals surface area (Å²) in [5, 5.41) is 3.77. The van der Waals surface area contributed by atoms with E-state index in [1.807, 2.05) is 38.1 Å². The van der Waals surface area contributed by atoms with Crippen LogP contribution in [0, 0.1) is 5.92 Å². The van der Waals surface area contributed by atoms with Crippen molar-refractivity contribution in [2.24, 2.45) is 5.92 Å². The molecule has 0 heterocycles. The van der Waals surface area contributed by atoms with E-state index in [0.717, 1.165) is 5.56 Å². The first-order valence-electron chi connectivity index (χ1n) is 10.8. The molecule has 32 heavy (non-hydrogen) atoms. The van der Waals surface area contributed by atoms with E-state index < -0.39 is 6.04 Å². The minimum Gasteiger partial charge on any atom is -0.483 e. The van der Waals surface area contributed by atoms with Gasteiger partial charge in [-0.1, -0.05) is 75.2 Å². The molecule has 2 rings (SSSR count). The van der Waals surface area contributed by atoms with Gasteiger partial charge in [0.05, 0.1) is 0 Å². The number of nitrogens with one attached hydrogen (secondary N) is 1. The Morgan fingerprint density at radius 2 is 1.59 bits per heavy atom. The summed E-state index contributed by atoms with van der Waals surface area (Å²) in [5.74, 6) is 0.636. The number of amides is 2. The molecule has 1 atom stereocenters. The lowest BCUT2D eigenvalue weighted by Gasteiger charge is -2.29. The highest BCUT2D eigenvalue weighted by atomic mass is 35.5. The van der Waals surface area contributed by atoms with Gasteiger partial charge in [0.15, 0.2) is 6.61 Å². The number of benzene rings is 2. The maximum Gasteiger partial charge on any atom is 0.261 e. The molecule has 0 aliphatic heterocycles. The monoisotopic (exact) mass is 478 g/mol. The van der Waals surface area contributed by atoms with Gasteiger partial charge in [0.25, 0.3) is 5.91 Å². The second-order valence-corrected chi connectivity index (χ2v) is 9.33. The normalized spacial score (nSPS) is 12.0. The zero-order valence-corrected chi connectivity index (χ0v) is 20.8. The summed E-state index contributed by atoms with van der Waals surface area (Å²) in [6.07, 6.45) is 0. The third kappa shape index (κ3) is 7.14. The summed E-state index contributed by atoms with van der Waals surface area (Å²) in [6.45, 7) is 10.3. The van der Waals surface area contributed by atoms with Gasteiger partial charge in [-0.15, -0.1) is 0 Å². The van der Waals surface area contributed by atoms with Crippen LogP contribution in [0.5, 0.6) is 5.75 Å². The van der Waals surface area contributed by atoms with E-state index in [2.05, 4.69) is 19.2 Å². The summed E-state index contributed by atoms with van der Waals surface area (Å²) in [5.41, 5.74) is 1.61. The number of para-hydroxylation sites is 1. The summed E-state index contributed by atoms with van der Waals surface area (Å²) < 4.78 is 5.88. The molecule has 0 spiro atoms. The quantitative estimate of drug-likeness (QED) is 0.477. The number of nitrogens with zero attached hydrogens (tertiary/aromatic N) is 1. The predicted octanol–water partition coefficient (Wildman–Crippen LogP) is 5.69. The minimum atomic E-state index is -0.725. The molecule has 0 aliphatic rings. The average molecular weight is 479 g/mol. The molecule has 1 N–H and O–H groups in total. The Bertz CT molecular complexity index is 911. The maximum atomic E-state index is 13.2. The molecule has 1 unspecified atom stereocenters. The van der Waals surface area contributed by atoms with Crippen LogP contribution in [0.4, 0.5) is 0 Å². The molecule has 0 bridgehead atoms. The van der Waals surface area contributed by atoms with Crippen molar-refractivity contribution in [3.8, 4) is 5.75 Å². The van der Waals surface area contributed by atoms with E-state index in [1.165, 1.54) is 4.90 Å². The van der Waals surface area contributed by atoms with Crippen LogP contribution in [0.25, 0.3) is 0 Å². The average Bonchev–Trinajstić information content (AvgIpc) is 2.75. The molecule has 2 aromatic rings. The van der Waals surface area contributed by atoms with Crippen LogP contribution < -0.4 is 10.1 Å². The lowest BCUT2D eigenvalue weighted by Crippen LogP contribution is -2.49. The molecule has 7 heteroatoms. The Balaban J connectivity index is 2.25. The van der Waals surface area contributed by atoms with Crippen molar-refractivity contribution < 1.29 is 14.3 Å². The number of ether oxygens (including phenoxy) is 1. The number of hydrogen-bond acceptors (Lipinski definition) is 3. The number of carbonyl (C=O) groups is 2. The first-order valence-corrected chi connectivity index (χ1v) is 11.6. The highest BCUT2D eigenvalue weighted by molar-refractivity contribution is 6.36. The maximum absolute atomic E-state index is 13.2. The Kier molecular flexibility index (Phi) is 9.85. The molecule has 0 aromatic heterocycles. The van der Waals surface area contributed by atoms with Crippen molar-refractivity contribution in [3.05, 3.63) is 63.6 Å². The van der Waals surface area contributed by atoms with Crippen molar-refractivity contribution in [2.45, 2.75) is 53.1 Å². The number of halogens is 2. The molecule has 0 saturated heterocycles. The smallest absolute Gasteiger partial charge is 0.261 e. The summed E-state index contributed by atoms with van der Waals surface area (Å²) >= 11 is 12.7. The van der Waals surface area contributed by atoms with Gasteiger partial charge in [0.2, 0.25) is 5.91 Å². The fraction of sp³-hybridized carbons (Fsp3) is 0.440. The summed E-state index contributed by atoms with van der Waals surface area (Å²) in [4.78, 5) is 27.5. The van der Waals surface area contributed by atoms with Gasteiger partial charge in [-0.2, -0.15) is 0 Å². The fourth-order valence-electron chi connectivity index (χ4n) is 3.20. The van der Waals surface area contributed by atoms with Crippen molar-refractivity contribution in [2.75, 3.05) is 13.2 Å². The summed E-state index contributed by atoms with van der Waals surface area (Å²) in [6, 6.07) is 12.1. The zero-order valence-electron chi connectivity index (χ0n) is 19.3.